The molecular weight excluding hydrogens is 324 g/mol. The first kappa shape index (κ1) is 15.5. The number of carbonyl (C=O) groups is 1. The van der Waals surface area contributed by atoms with Gasteiger partial charge in [0.05, 0.1) is 13.2 Å². The number of methoxy groups -OCH3 is 1. The number of hydrogen-bond acceptors (Lipinski definition) is 3. The van der Waals surface area contributed by atoms with Gasteiger partial charge in [-0.25, -0.2) is 0 Å². The van der Waals surface area contributed by atoms with E-state index in [2.05, 4.69) is 4.90 Å². The summed E-state index contributed by atoms with van der Waals surface area (Å²) in [6.45, 7) is 0.935. The molecular formula is C19H19ClN2O2. The maximum Gasteiger partial charge on any atom is 0.246 e. The number of benzene rings is 2. The zero-order valence-corrected chi connectivity index (χ0v) is 14.2. The Labute approximate surface area is 146 Å². The lowest BCUT2D eigenvalue weighted by atomic mass is 10.1. The minimum atomic E-state index is -0.0885. The lowest BCUT2D eigenvalue weighted by Crippen LogP contribution is -2.32. The van der Waals surface area contributed by atoms with Crippen LogP contribution in [0.4, 0.5) is 5.69 Å². The number of rotatable bonds is 3. The van der Waals surface area contributed by atoms with Gasteiger partial charge in [-0.3, -0.25) is 14.6 Å². The van der Waals surface area contributed by atoms with E-state index in [4.69, 9.17) is 16.3 Å². The smallest absolute Gasteiger partial charge is 0.246 e. The molecule has 124 valence electrons. The van der Waals surface area contributed by atoms with Gasteiger partial charge < -0.3 is 4.74 Å². The number of anilines is 1. The average molecular weight is 343 g/mol. The van der Waals surface area contributed by atoms with Gasteiger partial charge in [0.15, 0.2) is 0 Å². The van der Waals surface area contributed by atoms with Gasteiger partial charge >= 0.3 is 0 Å². The number of nitrogens with zero attached hydrogens (tertiary/aromatic N) is 2. The molecule has 2 aromatic carbocycles. The Kier molecular flexibility index (Phi) is 3.94. The standard InChI is InChI=1S/C19H19ClN2O2/c1-24-16-5-2-4-15(12-16)22-18(13-7-9-14(20)10-8-13)21-11-3-6-17(21)19(22)23/h2,4-5,7-10,12,17-18H,3,6,11H2,1H3/t17-,18+/m0/s1. The summed E-state index contributed by atoms with van der Waals surface area (Å²) in [4.78, 5) is 17.3. The zero-order valence-electron chi connectivity index (χ0n) is 13.5. The Balaban J connectivity index is 1.79. The lowest BCUT2D eigenvalue weighted by Gasteiger charge is -2.30. The molecule has 0 N–H and O–H groups in total. The number of carbonyl (C=O) groups excluding carboxylic acids is 1. The summed E-state index contributed by atoms with van der Waals surface area (Å²) in [7, 11) is 1.64. The number of halogens is 1. The zero-order chi connectivity index (χ0) is 16.7. The molecule has 0 aromatic heterocycles. The van der Waals surface area contributed by atoms with Gasteiger partial charge in [-0.1, -0.05) is 29.8 Å². The first-order valence-electron chi connectivity index (χ1n) is 8.17. The SMILES string of the molecule is COc1cccc(N2C(=O)[C@@H]3CCCN3[C@H]2c2ccc(Cl)cc2)c1. The molecule has 2 aliphatic rings. The van der Waals surface area contributed by atoms with Gasteiger partial charge in [0.2, 0.25) is 5.91 Å². The van der Waals surface area contributed by atoms with Crippen LogP contribution in [0.2, 0.25) is 5.02 Å². The summed E-state index contributed by atoms with van der Waals surface area (Å²) in [6.07, 6.45) is 1.89. The fourth-order valence-corrected chi connectivity index (χ4v) is 3.91. The third kappa shape index (κ3) is 2.46. The number of fused-ring (bicyclic) bond motifs is 1. The van der Waals surface area contributed by atoms with E-state index in [1.165, 1.54) is 0 Å². The summed E-state index contributed by atoms with van der Waals surface area (Å²) in [6, 6.07) is 15.4. The second-order valence-electron chi connectivity index (χ2n) is 6.23. The van der Waals surface area contributed by atoms with Crippen LogP contribution in [0.5, 0.6) is 5.75 Å². The Hall–Kier alpha value is -2.04. The molecule has 0 saturated carbocycles. The van der Waals surface area contributed by atoms with Gasteiger partial charge in [0.25, 0.3) is 0 Å². The highest BCUT2D eigenvalue weighted by molar-refractivity contribution is 6.30. The quantitative estimate of drug-likeness (QED) is 0.849. The highest BCUT2D eigenvalue weighted by Crippen LogP contribution is 2.43. The highest BCUT2D eigenvalue weighted by atomic mass is 35.5. The van der Waals surface area contributed by atoms with Gasteiger partial charge in [-0.05, 0) is 42.7 Å². The van der Waals surface area contributed by atoms with Crippen molar-refractivity contribution in [2.24, 2.45) is 0 Å². The van der Waals surface area contributed by atoms with Crippen LogP contribution >= 0.6 is 11.6 Å². The molecule has 0 radical (unpaired) electrons. The molecule has 2 aromatic rings. The Morgan fingerprint density at radius 3 is 2.71 bits per heavy atom. The average Bonchev–Trinajstić information content (AvgIpc) is 3.18. The first-order chi connectivity index (χ1) is 11.7. The Bertz CT molecular complexity index is 762. The fourth-order valence-electron chi connectivity index (χ4n) is 3.78. The molecule has 2 aliphatic heterocycles. The van der Waals surface area contributed by atoms with Crippen molar-refractivity contribution < 1.29 is 9.53 Å². The molecule has 2 fully saturated rings. The van der Waals surface area contributed by atoms with Crippen molar-refractivity contribution in [3.63, 3.8) is 0 Å². The van der Waals surface area contributed by atoms with Crippen LogP contribution < -0.4 is 9.64 Å². The molecule has 4 nitrogen and oxygen atoms in total. The summed E-state index contributed by atoms with van der Waals surface area (Å²) in [5.41, 5.74) is 1.95. The molecule has 2 heterocycles. The molecule has 5 heteroatoms. The minimum Gasteiger partial charge on any atom is -0.497 e. The first-order valence-corrected chi connectivity index (χ1v) is 8.55. The largest absolute Gasteiger partial charge is 0.497 e. The van der Waals surface area contributed by atoms with E-state index in [9.17, 15) is 4.79 Å². The predicted octanol–water partition coefficient (Wildman–Crippen LogP) is 3.86. The second kappa shape index (κ2) is 6.11. The fraction of sp³-hybridized carbons (Fsp3) is 0.316. The van der Waals surface area contributed by atoms with Crippen LogP contribution in [0, 0.1) is 0 Å². The number of amides is 1. The monoisotopic (exact) mass is 342 g/mol. The summed E-state index contributed by atoms with van der Waals surface area (Å²) >= 11 is 6.04. The van der Waals surface area contributed by atoms with Crippen molar-refractivity contribution in [1.29, 1.82) is 0 Å². The van der Waals surface area contributed by atoms with E-state index in [-0.39, 0.29) is 18.1 Å². The van der Waals surface area contributed by atoms with Crippen molar-refractivity contribution in [3.05, 3.63) is 59.1 Å². The highest BCUT2D eigenvalue weighted by Gasteiger charge is 2.49. The third-order valence-corrected chi connectivity index (χ3v) is 5.13. The van der Waals surface area contributed by atoms with Crippen LogP contribution in [-0.2, 0) is 4.79 Å². The van der Waals surface area contributed by atoms with Crippen LogP contribution in [-0.4, -0.2) is 30.5 Å². The van der Waals surface area contributed by atoms with E-state index >= 15 is 0 Å². The second-order valence-corrected chi connectivity index (χ2v) is 6.67. The Morgan fingerprint density at radius 2 is 1.96 bits per heavy atom. The third-order valence-electron chi connectivity index (χ3n) is 4.88. The molecule has 2 atom stereocenters. The predicted molar refractivity (Wildman–Crippen MR) is 94.4 cm³/mol. The minimum absolute atomic E-state index is 0.0307. The summed E-state index contributed by atoms with van der Waals surface area (Å²) in [5.74, 6) is 0.919. The maximum absolute atomic E-state index is 13.1. The Morgan fingerprint density at radius 1 is 1.17 bits per heavy atom. The number of hydrogen-bond donors (Lipinski definition) is 0. The molecule has 1 amide bonds. The van der Waals surface area contributed by atoms with Gasteiger partial charge in [0, 0.05) is 23.3 Å². The van der Waals surface area contributed by atoms with E-state index in [0.29, 0.717) is 5.02 Å². The van der Waals surface area contributed by atoms with Crippen molar-refractivity contribution in [1.82, 2.24) is 4.90 Å². The van der Waals surface area contributed by atoms with Crippen LogP contribution in [0.25, 0.3) is 0 Å². The summed E-state index contributed by atoms with van der Waals surface area (Å²) in [5, 5.41) is 0.703. The molecule has 0 spiro atoms. The van der Waals surface area contributed by atoms with E-state index in [1.807, 2.05) is 53.4 Å². The number of ether oxygens (including phenoxy) is 1. The van der Waals surface area contributed by atoms with Crippen molar-refractivity contribution in [3.8, 4) is 5.75 Å². The normalized spacial score (nSPS) is 23.6. The van der Waals surface area contributed by atoms with Crippen LogP contribution in [0.3, 0.4) is 0 Å². The molecule has 0 aliphatic carbocycles. The van der Waals surface area contributed by atoms with E-state index in [0.717, 1.165) is 36.4 Å². The van der Waals surface area contributed by atoms with Gasteiger partial charge in [-0.15, -0.1) is 0 Å². The summed E-state index contributed by atoms with van der Waals surface area (Å²) < 4.78 is 5.33. The van der Waals surface area contributed by atoms with Gasteiger partial charge in [0.1, 0.15) is 11.9 Å². The molecule has 2 saturated heterocycles. The van der Waals surface area contributed by atoms with Gasteiger partial charge in [-0.2, -0.15) is 0 Å². The van der Waals surface area contributed by atoms with Crippen LogP contribution in [0.15, 0.2) is 48.5 Å². The molecule has 4 rings (SSSR count). The van der Waals surface area contributed by atoms with Crippen LogP contribution in [0.1, 0.15) is 24.6 Å². The lowest BCUT2D eigenvalue weighted by molar-refractivity contribution is -0.119. The molecule has 0 bridgehead atoms. The van der Waals surface area contributed by atoms with Crippen molar-refractivity contribution in [2.45, 2.75) is 25.0 Å². The topological polar surface area (TPSA) is 32.8 Å². The maximum atomic E-state index is 13.1. The van der Waals surface area contributed by atoms with Crippen molar-refractivity contribution >= 4 is 23.2 Å². The van der Waals surface area contributed by atoms with E-state index in [1.54, 1.807) is 7.11 Å². The molecule has 24 heavy (non-hydrogen) atoms. The molecule has 0 unspecified atom stereocenters. The van der Waals surface area contributed by atoms with E-state index < -0.39 is 0 Å². The van der Waals surface area contributed by atoms with Crippen molar-refractivity contribution in [2.75, 3.05) is 18.6 Å².